The number of nitrogens with zero attached hydrogens (tertiary/aromatic N) is 1. The summed E-state index contributed by atoms with van der Waals surface area (Å²) in [6.07, 6.45) is 1.40. The van der Waals surface area contributed by atoms with Gasteiger partial charge in [-0.3, -0.25) is 4.98 Å². The van der Waals surface area contributed by atoms with E-state index in [-0.39, 0.29) is 18.4 Å². The van der Waals surface area contributed by atoms with Gasteiger partial charge in [-0.2, -0.15) is 0 Å². The highest BCUT2D eigenvalue weighted by molar-refractivity contribution is 5.17. The van der Waals surface area contributed by atoms with Crippen molar-refractivity contribution in [2.24, 2.45) is 0 Å². The van der Waals surface area contributed by atoms with Crippen LogP contribution in [0.1, 0.15) is 12.6 Å². The second kappa shape index (κ2) is 4.79. The Hall–Kier alpha value is -1.13. The molecule has 0 amide bonds. The Bertz CT molecular complexity index is 248. The summed E-state index contributed by atoms with van der Waals surface area (Å²) in [6.45, 7) is 2.60. The Morgan fingerprint density at radius 1 is 1.54 bits per heavy atom. The standard InChI is InChI=1S/C9H14N2O2/c1-7(6-12)10-4-8-2-3-9(13)5-11-8/h2-3,5,7,10,12-13H,4,6H2,1H3. The molecule has 0 saturated heterocycles. The van der Waals surface area contributed by atoms with Crippen LogP contribution in [0.4, 0.5) is 0 Å². The summed E-state index contributed by atoms with van der Waals surface area (Å²) in [6, 6.07) is 3.40. The van der Waals surface area contributed by atoms with Gasteiger partial charge in [-0.15, -0.1) is 0 Å². The largest absolute Gasteiger partial charge is 0.506 e. The SMILES string of the molecule is CC(CO)NCc1ccc(O)cn1. The predicted molar refractivity (Wildman–Crippen MR) is 49.3 cm³/mol. The van der Waals surface area contributed by atoms with Gasteiger partial charge in [0, 0.05) is 12.6 Å². The molecule has 1 aromatic heterocycles. The minimum Gasteiger partial charge on any atom is -0.506 e. The summed E-state index contributed by atoms with van der Waals surface area (Å²) < 4.78 is 0. The molecule has 0 radical (unpaired) electrons. The van der Waals surface area contributed by atoms with Crippen LogP contribution in [0.15, 0.2) is 18.3 Å². The number of rotatable bonds is 4. The van der Waals surface area contributed by atoms with Gasteiger partial charge in [0.15, 0.2) is 0 Å². The van der Waals surface area contributed by atoms with Crippen molar-refractivity contribution in [2.45, 2.75) is 19.5 Å². The van der Waals surface area contributed by atoms with Crippen molar-refractivity contribution < 1.29 is 10.2 Å². The molecule has 1 atom stereocenters. The molecule has 3 N–H and O–H groups in total. The number of aromatic hydroxyl groups is 1. The van der Waals surface area contributed by atoms with Gasteiger partial charge in [-0.05, 0) is 19.1 Å². The average molecular weight is 182 g/mol. The zero-order chi connectivity index (χ0) is 9.68. The van der Waals surface area contributed by atoms with E-state index in [1.807, 2.05) is 6.92 Å². The summed E-state index contributed by atoms with van der Waals surface area (Å²) in [5, 5.41) is 20.8. The van der Waals surface area contributed by atoms with Gasteiger partial charge in [-0.1, -0.05) is 0 Å². The molecule has 4 nitrogen and oxygen atoms in total. The molecule has 1 aromatic rings. The van der Waals surface area contributed by atoms with Crippen molar-refractivity contribution in [2.75, 3.05) is 6.61 Å². The van der Waals surface area contributed by atoms with Crippen LogP contribution in [-0.4, -0.2) is 27.8 Å². The highest BCUT2D eigenvalue weighted by Crippen LogP contribution is 2.05. The maximum Gasteiger partial charge on any atom is 0.133 e. The second-order valence-corrected chi connectivity index (χ2v) is 2.97. The van der Waals surface area contributed by atoms with Crippen LogP contribution in [0, 0.1) is 0 Å². The Kier molecular flexibility index (Phi) is 3.67. The van der Waals surface area contributed by atoms with Crippen LogP contribution >= 0.6 is 0 Å². The fourth-order valence-corrected chi connectivity index (χ4v) is 0.865. The van der Waals surface area contributed by atoms with Gasteiger partial charge in [0.2, 0.25) is 0 Å². The molecule has 13 heavy (non-hydrogen) atoms. The van der Waals surface area contributed by atoms with Gasteiger partial charge >= 0.3 is 0 Å². The lowest BCUT2D eigenvalue weighted by Gasteiger charge is -2.09. The summed E-state index contributed by atoms with van der Waals surface area (Å²) in [7, 11) is 0. The monoisotopic (exact) mass is 182 g/mol. The normalized spacial score (nSPS) is 12.8. The molecule has 1 unspecified atom stereocenters. The molecule has 0 saturated carbocycles. The molecule has 0 fully saturated rings. The fraction of sp³-hybridized carbons (Fsp3) is 0.444. The van der Waals surface area contributed by atoms with E-state index in [2.05, 4.69) is 10.3 Å². The smallest absolute Gasteiger partial charge is 0.133 e. The van der Waals surface area contributed by atoms with Crippen molar-refractivity contribution >= 4 is 0 Å². The Balaban J connectivity index is 2.41. The molecule has 1 heterocycles. The zero-order valence-corrected chi connectivity index (χ0v) is 7.57. The number of aliphatic hydroxyl groups excluding tert-OH is 1. The van der Waals surface area contributed by atoms with E-state index < -0.39 is 0 Å². The van der Waals surface area contributed by atoms with Crippen LogP contribution in [0.5, 0.6) is 5.75 Å². The van der Waals surface area contributed by atoms with Gasteiger partial charge in [0.25, 0.3) is 0 Å². The van der Waals surface area contributed by atoms with E-state index in [1.165, 1.54) is 6.20 Å². The van der Waals surface area contributed by atoms with Crippen LogP contribution < -0.4 is 5.32 Å². The minimum absolute atomic E-state index is 0.0654. The highest BCUT2D eigenvalue weighted by Gasteiger charge is 1.99. The molecule has 0 spiro atoms. The van der Waals surface area contributed by atoms with Gasteiger partial charge < -0.3 is 15.5 Å². The van der Waals surface area contributed by atoms with E-state index >= 15 is 0 Å². The first kappa shape index (κ1) is 9.95. The van der Waals surface area contributed by atoms with Gasteiger partial charge in [0.1, 0.15) is 5.75 Å². The molecule has 0 aliphatic carbocycles. The topological polar surface area (TPSA) is 65.4 Å². The Morgan fingerprint density at radius 2 is 2.31 bits per heavy atom. The number of hydrogen-bond donors (Lipinski definition) is 3. The number of hydrogen-bond acceptors (Lipinski definition) is 4. The first-order valence-electron chi connectivity index (χ1n) is 4.20. The first-order chi connectivity index (χ1) is 6.22. The number of aliphatic hydroxyl groups is 1. The maximum absolute atomic E-state index is 8.96. The first-order valence-corrected chi connectivity index (χ1v) is 4.20. The summed E-state index contributed by atoms with van der Waals surface area (Å²) in [5.41, 5.74) is 0.845. The minimum atomic E-state index is 0.0654. The van der Waals surface area contributed by atoms with E-state index in [9.17, 15) is 0 Å². The van der Waals surface area contributed by atoms with Crippen molar-refractivity contribution in [1.29, 1.82) is 0 Å². The Morgan fingerprint density at radius 3 is 2.85 bits per heavy atom. The summed E-state index contributed by atoms with van der Waals surface area (Å²) in [5.74, 6) is 0.166. The molecule has 4 heteroatoms. The number of nitrogens with one attached hydrogen (secondary N) is 1. The van der Waals surface area contributed by atoms with E-state index in [0.29, 0.717) is 6.54 Å². The number of aromatic nitrogens is 1. The quantitative estimate of drug-likeness (QED) is 0.625. The number of pyridine rings is 1. The average Bonchev–Trinajstić information content (AvgIpc) is 2.16. The van der Waals surface area contributed by atoms with Crippen LogP contribution in [-0.2, 0) is 6.54 Å². The fourth-order valence-electron chi connectivity index (χ4n) is 0.865. The third-order valence-electron chi connectivity index (χ3n) is 1.71. The molecule has 0 bridgehead atoms. The van der Waals surface area contributed by atoms with Crippen LogP contribution in [0.25, 0.3) is 0 Å². The molecule has 1 rings (SSSR count). The van der Waals surface area contributed by atoms with Crippen molar-refractivity contribution in [3.8, 4) is 5.75 Å². The zero-order valence-electron chi connectivity index (χ0n) is 7.57. The second-order valence-electron chi connectivity index (χ2n) is 2.97. The summed E-state index contributed by atoms with van der Waals surface area (Å²) in [4.78, 5) is 3.99. The molecule has 0 aliphatic heterocycles. The lowest BCUT2D eigenvalue weighted by atomic mass is 10.3. The van der Waals surface area contributed by atoms with Gasteiger partial charge in [-0.25, -0.2) is 0 Å². The lowest BCUT2D eigenvalue weighted by Crippen LogP contribution is -2.28. The molecular formula is C9H14N2O2. The molecular weight excluding hydrogens is 168 g/mol. The maximum atomic E-state index is 8.96. The van der Waals surface area contributed by atoms with Crippen molar-refractivity contribution in [3.05, 3.63) is 24.0 Å². The third kappa shape index (κ3) is 3.40. The van der Waals surface area contributed by atoms with Crippen molar-refractivity contribution in [3.63, 3.8) is 0 Å². The lowest BCUT2D eigenvalue weighted by molar-refractivity contribution is 0.250. The molecule has 0 aromatic carbocycles. The molecule has 0 aliphatic rings. The third-order valence-corrected chi connectivity index (χ3v) is 1.71. The van der Waals surface area contributed by atoms with Crippen LogP contribution in [0.3, 0.4) is 0 Å². The molecule has 72 valence electrons. The van der Waals surface area contributed by atoms with E-state index in [4.69, 9.17) is 10.2 Å². The van der Waals surface area contributed by atoms with E-state index in [1.54, 1.807) is 12.1 Å². The van der Waals surface area contributed by atoms with Crippen molar-refractivity contribution in [1.82, 2.24) is 10.3 Å². The van der Waals surface area contributed by atoms with E-state index in [0.717, 1.165) is 5.69 Å². The van der Waals surface area contributed by atoms with Gasteiger partial charge in [0.05, 0.1) is 18.5 Å². The Labute approximate surface area is 77.2 Å². The summed E-state index contributed by atoms with van der Waals surface area (Å²) >= 11 is 0. The highest BCUT2D eigenvalue weighted by atomic mass is 16.3. The predicted octanol–water partition coefficient (Wildman–Crippen LogP) is 0.258. The van der Waals surface area contributed by atoms with Crippen LogP contribution in [0.2, 0.25) is 0 Å².